The fraction of sp³-hybridized carbons (Fsp3) is 0.648. The largest absolute Gasteiger partial charge is 0.480 e. The maximum Gasteiger partial charge on any atom is 0.472 e. The van der Waals surface area contributed by atoms with Crippen molar-refractivity contribution in [1.82, 2.24) is 5.32 Å². The van der Waals surface area contributed by atoms with Gasteiger partial charge in [0, 0.05) is 12.8 Å². The molecule has 0 saturated carbocycles. The molecule has 0 spiro atoms. The highest BCUT2D eigenvalue weighted by Gasteiger charge is 2.28. The second kappa shape index (κ2) is 47.9. The minimum Gasteiger partial charge on any atom is -0.480 e. The fourth-order valence-electron chi connectivity index (χ4n) is 6.47. The Kier molecular flexibility index (Phi) is 45.3. The van der Waals surface area contributed by atoms with Gasteiger partial charge in [-0.2, -0.15) is 0 Å². The molecular formula is C54H90NO10P. The summed E-state index contributed by atoms with van der Waals surface area (Å²) in [6.07, 6.45) is 61.3. The molecule has 0 saturated heterocycles. The first-order valence-corrected chi connectivity index (χ1v) is 26.8. The van der Waals surface area contributed by atoms with Crippen LogP contribution in [0.4, 0.5) is 0 Å². The number of aliphatic hydroxyl groups is 1. The number of carboxylic acids is 1. The van der Waals surface area contributed by atoms with Gasteiger partial charge in [-0.1, -0.05) is 182 Å². The molecule has 376 valence electrons. The van der Waals surface area contributed by atoms with Gasteiger partial charge < -0.3 is 25.2 Å². The number of esters is 1. The molecule has 0 radical (unpaired) electrons. The number of ether oxygens (including phenoxy) is 1. The maximum absolute atomic E-state index is 12.4. The zero-order valence-corrected chi connectivity index (χ0v) is 41.9. The molecule has 0 bridgehead atoms. The average Bonchev–Trinajstić information content (AvgIpc) is 3.29. The normalized spacial score (nSPS) is 14.4. The van der Waals surface area contributed by atoms with Crippen molar-refractivity contribution in [3.8, 4) is 0 Å². The Morgan fingerprint density at radius 2 is 0.879 bits per heavy atom. The number of hydrogen-bond acceptors (Lipinski definition) is 8. The summed E-state index contributed by atoms with van der Waals surface area (Å²) in [6, 6.07) is -1.57. The minimum atomic E-state index is -4.78. The number of carbonyl (C=O) groups is 3. The molecule has 1 amide bonds. The van der Waals surface area contributed by atoms with Crippen molar-refractivity contribution in [3.63, 3.8) is 0 Å². The van der Waals surface area contributed by atoms with Gasteiger partial charge in [0.25, 0.3) is 0 Å². The summed E-state index contributed by atoms with van der Waals surface area (Å²) < 4.78 is 26.9. The smallest absolute Gasteiger partial charge is 0.472 e. The number of hydrogen-bond donors (Lipinski definition) is 4. The quantitative estimate of drug-likeness (QED) is 0.0199. The lowest BCUT2D eigenvalue weighted by molar-refractivity contribution is -0.147. The molecule has 3 unspecified atom stereocenters. The third kappa shape index (κ3) is 46.9. The molecule has 3 atom stereocenters. The van der Waals surface area contributed by atoms with Crippen LogP contribution in [-0.2, 0) is 32.7 Å². The van der Waals surface area contributed by atoms with Crippen LogP contribution in [0.1, 0.15) is 194 Å². The van der Waals surface area contributed by atoms with Crippen LogP contribution in [-0.4, -0.2) is 64.9 Å². The number of rotatable bonds is 46. The Hall–Kier alpha value is -3.60. The molecule has 0 aromatic rings. The molecule has 0 aliphatic carbocycles. The summed E-state index contributed by atoms with van der Waals surface area (Å²) in [5.74, 6) is -2.42. The zero-order chi connectivity index (χ0) is 48.4. The van der Waals surface area contributed by atoms with Crippen LogP contribution in [0.15, 0.2) is 97.2 Å². The lowest BCUT2D eigenvalue weighted by atomic mass is 10.1. The van der Waals surface area contributed by atoms with Crippen LogP contribution in [0.2, 0.25) is 0 Å². The second-order valence-corrected chi connectivity index (χ2v) is 18.1. The summed E-state index contributed by atoms with van der Waals surface area (Å²) in [5, 5.41) is 21.9. The SMILES string of the molecule is CC/C=C\C/C=C\C/C=C\C/C=C\C/C=C\CCCCCCCC(=O)NC(COP(=O)(O)OCC(O)COC(=O)CCCCCCCCCC/C=C\C/C=C\C/C=C\CCCCC)C(=O)O. The predicted octanol–water partition coefficient (Wildman–Crippen LogP) is 14.0. The summed E-state index contributed by atoms with van der Waals surface area (Å²) in [6.45, 7) is 2.44. The van der Waals surface area contributed by atoms with Gasteiger partial charge in [0.1, 0.15) is 12.7 Å². The van der Waals surface area contributed by atoms with Crippen LogP contribution in [0.5, 0.6) is 0 Å². The van der Waals surface area contributed by atoms with Gasteiger partial charge in [-0.3, -0.25) is 18.6 Å². The van der Waals surface area contributed by atoms with Crippen LogP contribution in [0.3, 0.4) is 0 Å². The van der Waals surface area contributed by atoms with Crippen molar-refractivity contribution in [3.05, 3.63) is 97.2 Å². The Labute approximate surface area is 400 Å². The Morgan fingerprint density at radius 3 is 1.32 bits per heavy atom. The first-order valence-electron chi connectivity index (χ1n) is 25.3. The van der Waals surface area contributed by atoms with Gasteiger partial charge in [-0.25, -0.2) is 9.36 Å². The van der Waals surface area contributed by atoms with E-state index in [1.165, 1.54) is 51.4 Å². The molecular weight excluding hydrogens is 854 g/mol. The molecule has 0 aliphatic rings. The number of aliphatic carboxylic acids is 1. The molecule has 66 heavy (non-hydrogen) atoms. The Bertz CT molecular complexity index is 1480. The van der Waals surface area contributed by atoms with Crippen molar-refractivity contribution in [2.45, 2.75) is 206 Å². The van der Waals surface area contributed by atoms with Gasteiger partial charge in [-0.05, 0) is 96.3 Å². The molecule has 0 aromatic carbocycles. The van der Waals surface area contributed by atoms with E-state index in [4.69, 9.17) is 13.8 Å². The van der Waals surface area contributed by atoms with E-state index >= 15 is 0 Å². The van der Waals surface area contributed by atoms with E-state index in [2.05, 4.69) is 116 Å². The highest BCUT2D eigenvalue weighted by Crippen LogP contribution is 2.43. The van der Waals surface area contributed by atoms with Gasteiger partial charge in [0.05, 0.1) is 13.2 Å². The molecule has 0 heterocycles. The van der Waals surface area contributed by atoms with Crippen molar-refractivity contribution >= 4 is 25.7 Å². The lowest BCUT2D eigenvalue weighted by Gasteiger charge is -2.18. The number of allylic oxidation sites excluding steroid dienone is 16. The first-order chi connectivity index (χ1) is 32.1. The average molecular weight is 944 g/mol. The first kappa shape index (κ1) is 62.4. The van der Waals surface area contributed by atoms with Crippen LogP contribution >= 0.6 is 7.82 Å². The molecule has 0 aliphatic heterocycles. The van der Waals surface area contributed by atoms with Crippen molar-refractivity contribution < 1.29 is 47.8 Å². The van der Waals surface area contributed by atoms with Crippen molar-refractivity contribution in [1.29, 1.82) is 0 Å². The number of carboxylic acid groups (broad SMARTS) is 1. The molecule has 12 heteroatoms. The third-order valence-corrected chi connectivity index (χ3v) is 11.3. The standard InChI is InChI=1S/C54H90NO10P/c1-3-5-7-9-11-13-15-17-19-21-23-25-27-29-31-33-35-37-39-41-43-45-52(57)55-51(54(59)60)49-65-66(61,62)64-48-50(56)47-63-53(58)46-44-42-40-38-36-34-32-30-28-26-24-22-20-18-16-14-12-10-8-6-4-2/h5,7,11-14,17-20,23-26,29,31,50-51,56H,3-4,6,8-10,15-16,21-22,27-28,30,32-49H2,1-2H3,(H,55,57)(H,59,60)(H,61,62)/b7-5-,13-11-,14-12-,19-17-,20-18-,25-23-,26-24-,31-29-. The zero-order valence-electron chi connectivity index (χ0n) is 41.0. The molecule has 11 nitrogen and oxygen atoms in total. The van der Waals surface area contributed by atoms with Crippen molar-refractivity contribution in [2.75, 3.05) is 19.8 Å². The number of phosphoric ester groups is 1. The molecule has 0 rings (SSSR count). The minimum absolute atomic E-state index is 0.117. The second-order valence-electron chi connectivity index (χ2n) is 16.6. The van der Waals surface area contributed by atoms with Crippen LogP contribution in [0.25, 0.3) is 0 Å². The van der Waals surface area contributed by atoms with E-state index in [0.29, 0.717) is 12.8 Å². The number of phosphoric acid groups is 1. The predicted molar refractivity (Wildman–Crippen MR) is 272 cm³/mol. The van der Waals surface area contributed by atoms with Crippen LogP contribution in [0, 0.1) is 0 Å². The number of carbonyl (C=O) groups excluding carboxylic acids is 2. The van der Waals surface area contributed by atoms with E-state index in [0.717, 1.165) is 103 Å². The topological polar surface area (TPSA) is 169 Å². The Morgan fingerprint density at radius 1 is 0.500 bits per heavy atom. The monoisotopic (exact) mass is 944 g/mol. The summed E-state index contributed by atoms with van der Waals surface area (Å²) in [7, 11) is -4.78. The lowest BCUT2D eigenvalue weighted by Crippen LogP contribution is -2.43. The van der Waals surface area contributed by atoms with Gasteiger partial charge in [0.15, 0.2) is 6.04 Å². The van der Waals surface area contributed by atoms with E-state index in [1.807, 2.05) is 0 Å². The number of amides is 1. The number of nitrogens with one attached hydrogen (secondary N) is 1. The summed E-state index contributed by atoms with van der Waals surface area (Å²) in [5.41, 5.74) is 0. The molecule has 4 N–H and O–H groups in total. The number of unbranched alkanes of at least 4 members (excludes halogenated alkanes) is 16. The summed E-state index contributed by atoms with van der Waals surface area (Å²) >= 11 is 0. The van der Waals surface area contributed by atoms with E-state index in [-0.39, 0.29) is 12.8 Å². The molecule has 0 aromatic heterocycles. The van der Waals surface area contributed by atoms with E-state index in [9.17, 15) is 34.1 Å². The maximum atomic E-state index is 12.4. The summed E-state index contributed by atoms with van der Waals surface area (Å²) in [4.78, 5) is 46.1. The van der Waals surface area contributed by atoms with Gasteiger partial charge >= 0.3 is 19.8 Å². The molecule has 0 fully saturated rings. The number of aliphatic hydroxyl groups excluding tert-OH is 1. The highest BCUT2D eigenvalue weighted by molar-refractivity contribution is 7.47. The van der Waals surface area contributed by atoms with Crippen LogP contribution < -0.4 is 5.32 Å². The van der Waals surface area contributed by atoms with Crippen molar-refractivity contribution in [2.24, 2.45) is 0 Å². The fourth-order valence-corrected chi connectivity index (χ4v) is 7.24. The van der Waals surface area contributed by atoms with E-state index in [1.54, 1.807) is 0 Å². The van der Waals surface area contributed by atoms with Gasteiger partial charge in [-0.15, -0.1) is 0 Å². The highest BCUT2D eigenvalue weighted by atomic mass is 31.2. The third-order valence-electron chi connectivity index (χ3n) is 10.4. The Balaban J connectivity index is 3.91. The van der Waals surface area contributed by atoms with Gasteiger partial charge in [0.2, 0.25) is 5.91 Å². The van der Waals surface area contributed by atoms with E-state index < -0.39 is 57.6 Å².